The van der Waals surface area contributed by atoms with Crippen LogP contribution in [0.3, 0.4) is 0 Å². The first-order chi connectivity index (χ1) is 12.3. The third-order valence-electron chi connectivity index (χ3n) is 3.87. The van der Waals surface area contributed by atoms with Crippen molar-refractivity contribution in [1.82, 2.24) is 20.4 Å². The minimum absolute atomic E-state index is 0.308. The third kappa shape index (κ3) is 2.92. The maximum Gasteiger partial charge on any atom is 0.288 e. The number of fused-ring (bicyclic) bond motifs is 1. The van der Waals surface area contributed by atoms with Crippen LogP contribution in [0.2, 0.25) is 0 Å². The van der Waals surface area contributed by atoms with Crippen molar-refractivity contribution in [2.75, 3.05) is 0 Å². The monoisotopic (exact) mass is 329 g/mol. The van der Waals surface area contributed by atoms with Crippen LogP contribution < -0.4 is 5.43 Å². The van der Waals surface area contributed by atoms with Gasteiger partial charge in [0.2, 0.25) is 0 Å². The molecule has 2 aromatic heterocycles. The Hall–Kier alpha value is -3.67. The van der Waals surface area contributed by atoms with Gasteiger partial charge in [-0.15, -0.1) is 0 Å². The van der Waals surface area contributed by atoms with Crippen molar-refractivity contribution in [1.29, 1.82) is 0 Å². The molecule has 0 aliphatic heterocycles. The molecule has 1 amide bonds. The predicted octanol–water partition coefficient (Wildman–Crippen LogP) is 3.32. The summed E-state index contributed by atoms with van der Waals surface area (Å²) in [6.07, 6.45) is 4.77. The topological polar surface area (TPSA) is 85.9 Å². The predicted molar refractivity (Wildman–Crippen MR) is 97.4 cm³/mol. The number of amides is 1. The highest BCUT2D eigenvalue weighted by Gasteiger charge is 2.18. The van der Waals surface area contributed by atoms with E-state index in [1.807, 2.05) is 54.6 Å². The van der Waals surface area contributed by atoms with E-state index >= 15 is 0 Å². The van der Waals surface area contributed by atoms with Crippen molar-refractivity contribution < 1.29 is 4.79 Å². The normalized spacial score (nSPS) is 11.2. The summed E-state index contributed by atoms with van der Waals surface area (Å²) in [7, 11) is 0. The van der Waals surface area contributed by atoms with Crippen molar-refractivity contribution in [3.8, 4) is 11.1 Å². The van der Waals surface area contributed by atoms with Crippen LogP contribution in [0, 0.1) is 0 Å². The quantitative estimate of drug-likeness (QED) is 0.396. The van der Waals surface area contributed by atoms with E-state index in [2.05, 4.69) is 25.5 Å². The molecule has 25 heavy (non-hydrogen) atoms. The fraction of sp³-hybridized carbons (Fsp3) is 0. The average Bonchev–Trinajstić information content (AvgIpc) is 3.30. The molecule has 2 heterocycles. The van der Waals surface area contributed by atoms with Gasteiger partial charge in [0.05, 0.1) is 6.21 Å². The summed E-state index contributed by atoms with van der Waals surface area (Å²) < 4.78 is 0. The number of hydrogen-bond donors (Lipinski definition) is 3. The number of nitrogens with zero attached hydrogens (tertiary/aromatic N) is 2. The smallest absolute Gasteiger partial charge is 0.288 e. The molecule has 0 spiro atoms. The second-order valence-electron chi connectivity index (χ2n) is 5.46. The molecule has 0 atom stereocenters. The van der Waals surface area contributed by atoms with E-state index in [0.29, 0.717) is 11.5 Å². The number of nitrogens with one attached hydrogen (secondary N) is 3. The highest BCUT2D eigenvalue weighted by molar-refractivity contribution is 6.09. The minimum Gasteiger partial charge on any atom is -0.350 e. The van der Waals surface area contributed by atoms with Crippen LogP contribution in [0.25, 0.3) is 22.0 Å². The van der Waals surface area contributed by atoms with Crippen molar-refractivity contribution in [3.63, 3.8) is 0 Å². The van der Waals surface area contributed by atoms with Gasteiger partial charge in [-0.1, -0.05) is 48.5 Å². The number of H-pyrrole nitrogens is 2. The Morgan fingerprint density at radius 2 is 1.88 bits per heavy atom. The molecule has 0 saturated heterocycles. The first kappa shape index (κ1) is 14.9. The largest absolute Gasteiger partial charge is 0.350 e. The fourth-order valence-electron chi connectivity index (χ4n) is 2.77. The zero-order valence-electron chi connectivity index (χ0n) is 13.2. The zero-order chi connectivity index (χ0) is 17.1. The van der Waals surface area contributed by atoms with Crippen LogP contribution in [0.5, 0.6) is 0 Å². The molecule has 4 rings (SSSR count). The summed E-state index contributed by atoms with van der Waals surface area (Å²) in [5.74, 6) is 0.262. The lowest BCUT2D eigenvalue weighted by Gasteiger charge is -2.04. The Morgan fingerprint density at radius 3 is 2.68 bits per heavy atom. The average molecular weight is 329 g/mol. The molecule has 3 N–H and O–H groups in total. The molecule has 0 aliphatic carbocycles. The maximum atomic E-state index is 12.7. The van der Waals surface area contributed by atoms with E-state index in [-0.39, 0.29) is 5.91 Å². The van der Waals surface area contributed by atoms with Crippen LogP contribution in [0.15, 0.2) is 72.1 Å². The highest BCUT2D eigenvalue weighted by atomic mass is 16.2. The Kier molecular flexibility index (Phi) is 3.84. The first-order valence-electron chi connectivity index (χ1n) is 7.82. The van der Waals surface area contributed by atoms with Gasteiger partial charge < -0.3 is 9.97 Å². The van der Waals surface area contributed by atoms with Crippen LogP contribution in [-0.4, -0.2) is 27.1 Å². The van der Waals surface area contributed by atoms with Crippen LogP contribution in [0.1, 0.15) is 16.3 Å². The number of carbonyl (C=O) groups excluding carboxylic acids is 1. The zero-order valence-corrected chi connectivity index (χ0v) is 13.2. The van der Waals surface area contributed by atoms with Crippen molar-refractivity contribution in [2.24, 2.45) is 5.10 Å². The van der Waals surface area contributed by atoms with Crippen LogP contribution in [-0.2, 0) is 0 Å². The SMILES string of the molecule is O=C(N/N=C/c1ncc[nH]1)c1[nH]c2ccccc2c1-c1ccccc1. The van der Waals surface area contributed by atoms with Gasteiger partial charge in [0.25, 0.3) is 5.91 Å². The second-order valence-corrected chi connectivity index (χ2v) is 5.46. The number of benzene rings is 2. The molecule has 0 radical (unpaired) electrons. The van der Waals surface area contributed by atoms with Crippen molar-refractivity contribution in [3.05, 3.63) is 78.5 Å². The summed E-state index contributed by atoms with van der Waals surface area (Å²) in [4.78, 5) is 22.8. The molecule has 0 unspecified atom stereocenters. The van der Waals surface area contributed by atoms with Crippen LogP contribution >= 0.6 is 0 Å². The highest BCUT2D eigenvalue weighted by Crippen LogP contribution is 2.32. The molecule has 6 nitrogen and oxygen atoms in total. The molecule has 2 aromatic carbocycles. The molecule has 0 fully saturated rings. The summed E-state index contributed by atoms with van der Waals surface area (Å²) in [6, 6.07) is 17.7. The second kappa shape index (κ2) is 6.45. The summed E-state index contributed by atoms with van der Waals surface area (Å²) in [5, 5.41) is 4.95. The molecule has 122 valence electrons. The molecule has 0 bridgehead atoms. The van der Waals surface area contributed by atoms with Crippen molar-refractivity contribution >= 4 is 23.0 Å². The number of rotatable bonds is 4. The Balaban J connectivity index is 1.72. The van der Waals surface area contributed by atoms with Gasteiger partial charge >= 0.3 is 0 Å². The first-order valence-corrected chi connectivity index (χ1v) is 7.82. The number of aromatic amines is 2. The Bertz CT molecular complexity index is 1030. The third-order valence-corrected chi connectivity index (χ3v) is 3.87. The van der Waals surface area contributed by atoms with E-state index in [1.54, 1.807) is 12.4 Å². The summed E-state index contributed by atoms with van der Waals surface area (Å²) in [6.45, 7) is 0. The molecular formula is C19H15N5O. The summed E-state index contributed by atoms with van der Waals surface area (Å²) in [5.41, 5.74) is 5.76. The molecule has 0 aliphatic rings. The van der Waals surface area contributed by atoms with E-state index in [1.165, 1.54) is 6.21 Å². The van der Waals surface area contributed by atoms with E-state index in [4.69, 9.17) is 0 Å². The molecule has 4 aromatic rings. The minimum atomic E-state index is -0.308. The number of hydrogen-bond acceptors (Lipinski definition) is 3. The molecular weight excluding hydrogens is 314 g/mol. The van der Waals surface area contributed by atoms with Gasteiger partial charge in [0.1, 0.15) is 11.5 Å². The Labute approximate surface area is 143 Å². The van der Waals surface area contributed by atoms with Gasteiger partial charge in [0.15, 0.2) is 0 Å². The molecule has 0 saturated carbocycles. The fourth-order valence-corrected chi connectivity index (χ4v) is 2.77. The van der Waals surface area contributed by atoms with E-state index in [0.717, 1.165) is 22.0 Å². The lowest BCUT2D eigenvalue weighted by Crippen LogP contribution is -2.19. The standard InChI is InChI=1S/C19H15N5O/c25-19(24-22-12-16-20-10-11-21-16)18-17(13-6-2-1-3-7-13)14-8-4-5-9-15(14)23-18/h1-12,23H,(H,20,21)(H,24,25)/b22-12+. The van der Waals surface area contributed by atoms with Crippen LogP contribution in [0.4, 0.5) is 0 Å². The van der Waals surface area contributed by atoms with Gasteiger partial charge in [-0.05, 0) is 11.6 Å². The van der Waals surface area contributed by atoms with Gasteiger partial charge in [-0.25, -0.2) is 10.4 Å². The number of carbonyl (C=O) groups is 1. The number of hydrazone groups is 1. The van der Waals surface area contributed by atoms with E-state index < -0.39 is 0 Å². The molecule has 6 heteroatoms. The van der Waals surface area contributed by atoms with Gasteiger partial charge in [0, 0.05) is 28.9 Å². The van der Waals surface area contributed by atoms with E-state index in [9.17, 15) is 4.79 Å². The van der Waals surface area contributed by atoms with Crippen molar-refractivity contribution in [2.45, 2.75) is 0 Å². The number of aromatic nitrogens is 3. The van der Waals surface area contributed by atoms with Gasteiger partial charge in [-0.3, -0.25) is 4.79 Å². The number of imidazole rings is 1. The van der Waals surface area contributed by atoms with Gasteiger partial charge in [-0.2, -0.15) is 5.10 Å². The Morgan fingerprint density at radius 1 is 1.08 bits per heavy atom. The maximum absolute atomic E-state index is 12.7. The lowest BCUT2D eigenvalue weighted by atomic mass is 10.0. The summed E-state index contributed by atoms with van der Waals surface area (Å²) >= 11 is 0. The lowest BCUT2D eigenvalue weighted by molar-refractivity contribution is 0.0951. The number of para-hydroxylation sites is 1.